The molecular weight excluding hydrogens is 141 g/mol. The summed E-state index contributed by atoms with van der Waals surface area (Å²) in [5.74, 6) is 0. The van der Waals surface area contributed by atoms with Crippen LogP contribution in [0.25, 0.3) is 0 Å². The van der Waals surface area contributed by atoms with E-state index in [1.165, 1.54) is 4.44 Å². The minimum atomic E-state index is 0.597. The summed E-state index contributed by atoms with van der Waals surface area (Å²) in [7, 11) is 0. The van der Waals surface area contributed by atoms with Crippen LogP contribution in [0.3, 0.4) is 0 Å². The fourth-order valence-corrected chi connectivity index (χ4v) is 1.14. The van der Waals surface area contributed by atoms with Gasteiger partial charge in [-0.25, -0.2) is 0 Å². The Morgan fingerprint density at radius 3 is 2.83 bits per heavy atom. The van der Waals surface area contributed by atoms with Gasteiger partial charge in [-0.2, -0.15) is 0 Å². The summed E-state index contributed by atoms with van der Waals surface area (Å²) in [6.07, 6.45) is 1.92. The van der Waals surface area contributed by atoms with Gasteiger partial charge in [0.1, 0.15) is 0 Å². The van der Waals surface area contributed by atoms with Gasteiger partial charge in [-0.1, -0.05) is 0 Å². The Hall–Kier alpha value is -0.0705. The van der Waals surface area contributed by atoms with E-state index in [4.69, 9.17) is 0 Å². The van der Waals surface area contributed by atoms with Crippen LogP contribution in [0.5, 0.6) is 0 Å². The zero-order chi connectivity index (χ0) is 4.41. The zero-order valence-corrected chi connectivity index (χ0v) is 5.22. The Morgan fingerprint density at radius 1 is 1.83 bits per heavy atom. The van der Waals surface area contributed by atoms with Gasteiger partial charge in [0.15, 0.2) is 0 Å². The van der Waals surface area contributed by atoms with Gasteiger partial charge in [0.2, 0.25) is 0 Å². The average molecular weight is 146 g/mol. The first-order valence-corrected chi connectivity index (χ1v) is 3.59. The Bertz CT molecular complexity index is 111. The molecule has 0 unspecified atom stereocenters. The molecule has 1 nitrogen and oxygen atoms in total. The van der Waals surface area contributed by atoms with Crippen molar-refractivity contribution >= 4 is 14.5 Å². The predicted octanol–water partition coefficient (Wildman–Crippen LogP) is 0.447. The summed E-state index contributed by atoms with van der Waals surface area (Å²) < 4.78 is 1.42. The van der Waals surface area contributed by atoms with Crippen molar-refractivity contribution in [3.05, 3.63) is 15.7 Å². The van der Waals surface area contributed by atoms with Crippen LogP contribution in [0.15, 0.2) is 11.3 Å². The van der Waals surface area contributed by atoms with Gasteiger partial charge in [0, 0.05) is 0 Å². The van der Waals surface area contributed by atoms with Gasteiger partial charge in [-0.15, -0.1) is 0 Å². The molecule has 0 aliphatic carbocycles. The summed E-state index contributed by atoms with van der Waals surface area (Å²) >= 11 is 0.597. The van der Waals surface area contributed by atoms with Crippen LogP contribution in [-0.2, 0) is 0 Å². The molecule has 0 aromatic carbocycles. The molecule has 0 spiro atoms. The van der Waals surface area contributed by atoms with Crippen molar-refractivity contribution in [2.45, 2.75) is 6.92 Å². The Labute approximate surface area is 42.8 Å². The third kappa shape index (κ3) is 0.702. The molecule has 0 amide bonds. The van der Waals surface area contributed by atoms with E-state index in [0.717, 1.165) is 0 Å². The van der Waals surface area contributed by atoms with Crippen LogP contribution in [0.4, 0.5) is 0 Å². The van der Waals surface area contributed by atoms with Crippen molar-refractivity contribution in [1.82, 2.24) is 4.98 Å². The van der Waals surface area contributed by atoms with Crippen LogP contribution in [0.2, 0.25) is 0 Å². The Kier molecular flexibility index (Phi) is 1.08. The molecule has 0 aliphatic heterocycles. The van der Waals surface area contributed by atoms with E-state index < -0.39 is 0 Å². The van der Waals surface area contributed by atoms with Crippen molar-refractivity contribution in [3.63, 3.8) is 0 Å². The zero-order valence-electron chi connectivity index (χ0n) is 3.51. The molecule has 0 atom stereocenters. The van der Waals surface area contributed by atoms with E-state index >= 15 is 0 Å². The molecule has 32 valence electrons. The first-order valence-electron chi connectivity index (χ1n) is 1.74. The summed E-state index contributed by atoms with van der Waals surface area (Å²) in [5.41, 5.74) is 0. The minimum absolute atomic E-state index is 0.597. The molecule has 6 heavy (non-hydrogen) atoms. The number of hydrogen-bond donors (Lipinski definition) is 0. The molecule has 0 saturated heterocycles. The van der Waals surface area contributed by atoms with E-state index in [-0.39, 0.29) is 0 Å². The van der Waals surface area contributed by atoms with Crippen LogP contribution in [0, 0.1) is 6.92 Å². The van der Waals surface area contributed by atoms with Crippen LogP contribution >= 0.6 is 0 Å². The van der Waals surface area contributed by atoms with Gasteiger partial charge in [-0.05, 0) is 0 Å². The summed E-state index contributed by atoms with van der Waals surface area (Å²) in [5, 5.41) is 1.97. The molecule has 1 rings (SSSR count). The number of aromatic nitrogens is 1. The molecule has 1 heterocycles. The van der Waals surface area contributed by atoms with E-state index in [1.807, 2.05) is 11.3 Å². The first kappa shape index (κ1) is 4.10. The van der Waals surface area contributed by atoms with Crippen molar-refractivity contribution in [2.75, 3.05) is 0 Å². The van der Waals surface area contributed by atoms with Crippen molar-refractivity contribution in [2.24, 2.45) is 0 Å². The van der Waals surface area contributed by atoms with E-state index in [0.29, 0.717) is 14.5 Å². The number of hydrogen-bond acceptors (Lipinski definition) is 1. The molecule has 1 aromatic heterocycles. The van der Waals surface area contributed by atoms with E-state index in [9.17, 15) is 0 Å². The summed E-state index contributed by atoms with van der Waals surface area (Å²) in [4.78, 5) is 3.91. The second kappa shape index (κ2) is 1.59. The van der Waals surface area contributed by atoms with Gasteiger partial charge in [0.05, 0.1) is 0 Å². The maximum atomic E-state index is 3.91. The number of nitrogens with zero attached hydrogens (tertiary/aromatic N) is 1. The number of aryl methyl sites for hydroxylation is 1. The van der Waals surface area contributed by atoms with E-state index in [2.05, 4.69) is 11.9 Å². The second-order valence-corrected chi connectivity index (χ2v) is 3.40. The molecule has 0 aliphatic rings. The molecule has 0 N–H and O–H groups in total. The third-order valence-corrected chi connectivity index (χ3v) is 2.03. The maximum absolute atomic E-state index is 3.91. The average Bonchev–Trinajstić information content (AvgIpc) is 1.86. The van der Waals surface area contributed by atoms with Gasteiger partial charge >= 0.3 is 42.1 Å². The molecular formula is C4H5NSe. The van der Waals surface area contributed by atoms with Crippen LogP contribution < -0.4 is 0 Å². The normalized spacial score (nSPS) is 8.83. The second-order valence-electron chi connectivity index (χ2n) is 1.11. The summed E-state index contributed by atoms with van der Waals surface area (Å²) in [6, 6.07) is 0. The SMILES string of the molecule is Cc1cnc[se]1. The van der Waals surface area contributed by atoms with Crippen molar-refractivity contribution in [1.29, 1.82) is 0 Å². The first-order chi connectivity index (χ1) is 2.89. The monoisotopic (exact) mass is 147 g/mol. The quantitative estimate of drug-likeness (QED) is 0.484. The molecule has 1 aromatic rings. The molecule has 2 heteroatoms. The molecule has 0 radical (unpaired) electrons. The fourth-order valence-electron chi connectivity index (χ4n) is 0.279. The van der Waals surface area contributed by atoms with Crippen molar-refractivity contribution in [3.8, 4) is 0 Å². The van der Waals surface area contributed by atoms with Crippen molar-refractivity contribution < 1.29 is 0 Å². The fraction of sp³-hybridized carbons (Fsp3) is 0.250. The van der Waals surface area contributed by atoms with Gasteiger partial charge in [-0.3, -0.25) is 0 Å². The van der Waals surface area contributed by atoms with Crippen LogP contribution in [-0.4, -0.2) is 19.5 Å². The van der Waals surface area contributed by atoms with Gasteiger partial charge < -0.3 is 0 Å². The Balaban J connectivity index is 3.05. The number of rotatable bonds is 0. The molecule has 0 bridgehead atoms. The Morgan fingerprint density at radius 2 is 2.67 bits per heavy atom. The van der Waals surface area contributed by atoms with Gasteiger partial charge in [0.25, 0.3) is 0 Å². The molecule has 0 saturated carbocycles. The predicted molar refractivity (Wildman–Crippen MR) is 25.9 cm³/mol. The molecule has 0 fully saturated rings. The van der Waals surface area contributed by atoms with E-state index in [1.54, 1.807) is 0 Å². The third-order valence-electron chi connectivity index (χ3n) is 0.556. The summed E-state index contributed by atoms with van der Waals surface area (Å²) in [6.45, 7) is 2.10. The standard InChI is InChI=1S/C4H5NSe/c1-4-2-5-3-6-4/h2-3H,1H3. The van der Waals surface area contributed by atoms with Crippen LogP contribution in [0.1, 0.15) is 4.44 Å². The topological polar surface area (TPSA) is 12.9 Å².